The fraction of sp³-hybridized carbons (Fsp3) is 0.667. The lowest BCUT2D eigenvalue weighted by molar-refractivity contribution is 0.405. The highest BCUT2D eigenvalue weighted by Gasteiger charge is 1.98. The smallest absolute Gasteiger partial charge is 0.224 e. The van der Waals surface area contributed by atoms with Crippen LogP contribution in [0.2, 0.25) is 0 Å². The molecule has 2 N–H and O–H groups in total. The van der Waals surface area contributed by atoms with Gasteiger partial charge in [0.05, 0.1) is 0 Å². The van der Waals surface area contributed by atoms with Gasteiger partial charge >= 0.3 is 0 Å². The number of hydrogen-bond donors (Lipinski definition) is 2. The molecule has 17 heavy (non-hydrogen) atoms. The van der Waals surface area contributed by atoms with Crippen molar-refractivity contribution >= 4 is 11.8 Å². The topological polar surface area (TPSA) is 53.1 Å². The molecule has 0 amide bonds. The minimum absolute atomic E-state index is 0.699. The zero-order chi connectivity index (χ0) is 12.5. The molecule has 5 nitrogen and oxygen atoms in total. The molecule has 0 atom stereocenters. The minimum Gasteiger partial charge on any atom is -0.370 e. The van der Waals surface area contributed by atoms with Gasteiger partial charge in [0.2, 0.25) is 5.95 Å². The molecule has 0 saturated carbocycles. The van der Waals surface area contributed by atoms with E-state index >= 15 is 0 Å². The fourth-order valence-corrected chi connectivity index (χ4v) is 1.39. The summed E-state index contributed by atoms with van der Waals surface area (Å²) >= 11 is 0. The lowest BCUT2D eigenvalue weighted by atomic mass is 10.4. The van der Waals surface area contributed by atoms with Crippen molar-refractivity contribution in [1.82, 2.24) is 14.9 Å². The quantitative estimate of drug-likeness (QED) is 0.674. The molecule has 0 aliphatic rings. The lowest BCUT2D eigenvalue weighted by Crippen LogP contribution is -2.17. The molecular weight excluding hydrogens is 214 g/mol. The van der Waals surface area contributed by atoms with Crippen LogP contribution in [0.3, 0.4) is 0 Å². The molecular formula is C12H23N5. The Morgan fingerprint density at radius 2 is 2.06 bits per heavy atom. The summed E-state index contributed by atoms with van der Waals surface area (Å²) in [6.07, 6.45) is 3.96. The first kappa shape index (κ1) is 13.7. The van der Waals surface area contributed by atoms with Crippen molar-refractivity contribution in [3.63, 3.8) is 0 Å². The Bertz CT molecular complexity index is 314. The van der Waals surface area contributed by atoms with Gasteiger partial charge in [0.25, 0.3) is 0 Å². The molecule has 0 aliphatic carbocycles. The van der Waals surface area contributed by atoms with Crippen LogP contribution in [0.25, 0.3) is 0 Å². The average Bonchev–Trinajstić information content (AvgIpc) is 2.32. The number of anilines is 2. The van der Waals surface area contributed by atoms with Gasteiger partial charge in [-0.2, -0.15) is 4.98 Å². The molecule has 1 rings (SSSR count). The van der Waals surface area contributed by atoms with E-state index in [0.29, 0.717) is 5.95 Å². The summed E-state index contributed by atoms with van der Waals surface area (Å²) in [5, 5.41) is 6.47. The van der Waals surface area contributed by atoms with E-state index < -0.39 is 0 Å². The Hall–Kier alpha value is -1.36. The first-order valence-corrected chi connectivity index (χ1v) is 6.18. The van der Waals surface area contributed by atoms with Crippen molar-refractivity contribution in [3.05, 3.63) is 12.3 Å². The van der Waals surface area contributed by atoms with Crippen molar-refractivity contribution in [3.8, 4) is 0 Å². The second-order valence-corrected chi connectivity index (χ2v) is 4.28. The van der Waals surface area contributed by atoms with Crippen LogP contribution in [0.15, 0.2) is 12.3 Å². The molecule has 96 valence electrons. The van der Waals surface area contributed by atoms with E-state index in [1.165, 1.54) is 0 Å². The van der Waals surface area contributed by atoms with Crippen LogP contribution in [0.1, 0.15) is 19.8 Å². The van der Waals surface area contributed by atoms with E-state index in [-0.39, 0.29) is 0 Å². The standard InChI is InChI=1S/C12H23N5/c1-4-7-13-11-6-9-15-12(16-11)14-8-5-10-17(2)3/h6,9H,4-5,7-8,10H2,1-3H3,(H2,13,14,15,16). The summed E-state index contributed by atoms with van der Waals surface area (Å²) in [5.41, 5.74) is 0. The van der Waals surface area contributed by atoms with E-state index in [0.717, 1.165) is 38.3 Å². The van der Waals surface area contributed by atoms with Crippen LogP contribution >= 0.6 is 0 Å². The van der Waals surface area contributed by atoms with Crippen LogP contribution < -0.4 is 10.6 Å². The zero-order valence-electron chi connectivity index (χ0n) is 11.0. The SMILES string of the molecule is CCCNc1ccnc(NCCCN(C)C)n1. The second-order valence-electron chi connectivity index (χ2n) is 4.28. The van der Waals surface area contributed by atoms with Gasteiger partial charge in [-0.25, -0.2) is 4.98 Å². The Kier molecular flexibility index (Phi) is 6.32. The summed E-state index contributed by atoms with van der Waals surface area (Å²) in [4.78, 5) is 10.7. The average molecular weight is 237 g/mol. The number of aromatic nitrogens is 2. The van der Waals surface area contributed by atoms with Crippen LogP contribution in [-0.2, 0) is 0 Å². The summed E-state index contributed by atoms with van der Waals surface area (Å²) in [5.74, 6) is 1.59. The molecule has 0 unspecified atom stereocenters. The molecule has 1 aromatic heterocycles. The summed E-state index contributed by atoms with van der Waals surface area (Å²) in [6, 6.07) is 1.89. The molecule has 0 saturated heterocycles. The van der Waals surface area contributed by atoms with Gasteiger partial charge in [0.15, 0.2) is 0 Å². The molecule has 5 heteroatoms. The first-order valence-electron chi connectivity index (χ1n) is 6.18. The molecule has 1 aromatic rings. The molecule has 0 fully saturated rings. The largest absolute Gasteiger partial charge is 0.370 e. The monoisotopic (exact) mass is 237 g/mol. The van der Waals surface area contributed by atoms with Crippen LogP contribution in [-0.4, -0.2) is 48.6 Å². The molecule has 1 heterocycles. The molecule has 0 aliphatic heterocycles. The predicted molar refractivity (Wildman–Crippen MR) is 72.5 cm³/mol. The highest BCUT2D eigenvalue weighted by molar-refractivity contribution is 5.39. The third-order valence-electron chi connectivity index (χ3n) is 2.28. The summed E-state index contributed by atoms with van der Waals surface area (Å²) < 4.78 is 0. The number of nitrogens with zero attached hydrogens (tertiary/aromatic N) is 3. The number of hydrogen-bond acceptors (Lipinski definition) is 5. The fourth-order valence-electron chi connectivity index (χ4n) is 1.39. The van der Waals surface area contributed by atoms with Crippen LogP contribution in [0.4, 0.5) is 11.8 Å². The maximum atomic E-state index is 4.38. The van der Waals surface area contributed by atoms with E-state index in [9.17, 15) is 0 Å². The van der Waals surface area contributed by atoms with Crippen molar-refractivity contribution in [2.45, 2.75) is 19.8 Å². The lowest BCUT2D eigenvalue weighted by Gasteiger charge is -2.10. The normalized spacial score (nSPS) is 10.6. The minimum atomic E-state index is 0.699. The highest BCUT2D eigenvalue weighted by Crippen LogP contribution is 2.05. The van der Waals surface area contributed by atoms with Crippen LogP contribution in [0.5, 0.6) is 0 Å². The Morgan fingerprint density at radius 1 is 1.24 bits per heavy atom. The van der Waals surface area contributed by atoms with Crippen molar-refractivity contribution in [2.75, 3.05) is 44.4 Å². The summed E-state index contributed by atoms with van der Waals surface area (Å²) in [7, 11) is 4.15. The van der Waals surface area contributed by atoms with Gasteiger partial charge in [0.1, 0.15) is 5.82 Å². The third kappa shape index (κ3) is 6.06. The van der Waals surface area contributed by atoms with E-state index in [2.05, 4.69) is 46.5 Å². The Labute approximate surface area is 104 Å². The van der Waals surface area contributed by atoms with Gasteiger partial charge in [-0.05, 0) is 39.5 Å². The van der Waals surface area contributed by atoms with Gasteiger partial charge in [-0.15, -0.1) is 0 Å². The maximum Gasteiger partial charge on any atom is 0.224 e. The van der Waals surface area contributed by atoms with E-state index in [1.54, 1.807) is 6.20 Å². The first-order chi connectivity index (χ1) is 8.22. The molecule has 0 radical (unpaired) electrons. The van der Waals surface area contributed by atoms with Gasteiger partial charge < -0.3 is 15.5 Å². The number of nitrogens with one attached hydrogen (secondary N) is 2. The maximum absolute atomic E-state index is 4.38. The van der Waals surface area contributed by atoms with E-state index in [4.69, 9.17) is 0 Å². The van der Waals surface area contributed by atoms with E-state index in [1.807, 2.05) is 6.07 Å². The molecule has 0 spiro atoms. The third-order valence-corrected chi connectivity index (χ3v) is 2.28. The van der Waals surface area contributed by atoms with Crippen molar-refractivity contribution in [2.24, 2.45) is 0 Å². The summed E-state index contributed by atoms with van der Waals surface area (Å²) in [6.45, 7) is 5.04. The second kappa shape index (κ2) is 7.84. The van der Waals surface area contributed by atoms with Gasteiger partial charge in [-0.3, -0.25) is 0 Å². The Morgan fingerprint density at radius 3 is 2.76 bits per heavy atom. The van der Waals surface area contributed by atoms with Crippen molar-refractivity contribution in [1.29, 1.82) is 0 Å². The van der Waals surface area contributed by atoms with Gasteiger partial charge in [-0.1, -0.05) is 6.92 Å². The van der Waals surface area contributed by atoms with Gasteiger partial charge in [0, 0.05) is 19.3 Å². The molecule has 0 aromatic carbocycles. The molecule has 0 bridgehead atoms. The predicted octanol–water partition coefficient (Wildman–Crippen LogP) is 1.66. The highest BCUT2D eigenvalue weighted by atomic mass is 15.1. The number of rotatable bonds is 8. The van der Waals surface area contributed by atoms with Crippen molar-refractivity contribution < 1.29 is 0 Å². The Balaban J connectivity index is 2.32. The zero-order valence-corrected chi connectivity index (χ0v) is 11.0. The van der Waals surface area contributed by atoms with Crippen LogP contribution in [0, 0.1) is 0 Å².